The van der Waals surface area contributed by atoms with E-state index in [1.54, 1.807) is 10.9 Å². The maximum absolute atomic E-state index is 12.7. The molecule has 1 aliphatic rings. The highest BCUT2D eigenvalue weighted by Crippen LogP contribution is 2.33. The van der Waals surface area contributed by atoms with Crippen LogP contribution >= 0.6 is 0 Å². The van der Waals surface area contributed by atoms with Gasteiger partial charge in [0.25, 0.3) is 5.91 Å². The van der Waals surface area contributed by atoms with E-state index in [-0.39, 0.29) is 18.0 Å². The molecule has 1 aromatic heterocycles. The molecule has 98 valence electrons. The van der Waals surface area contributed by atoms with E-state index in [2.05, 4.69) is 18.1 Å². The van der Waals surface area contributed by atoms with Crippen molar-refractivity contribution in [1.29, 1.82) is 0 Å². The highest BCUT2D eigenvalue weighted by Gasteiger charge is 2.33. The summed E-state index contributed by atoms with van der Waals surface area (Å²) in [4.78, 5) is 14.6. The Morgan fingerprint density at radius 2 is 2.16 bits per heavy atom. The fourth-order valence-electron chi connectivity index (χ4n) is 2.73. The van der Waals surface area contributed by atoms with Crippen LogP contribution in [-0.4, -0.2) is 21.7 Å². The third-order valence-corrected chi connectivity index (χ3v) is 3.72. The molecule has 2 heterocycles. The summed E-state index contributed by atoms with van der Waals surface area (Å²) in [5.41, 5.74) is 2.29. The summed E-state index contributed by atoms with van der Waals surface area (Å²) in [6, 6.07) is 9.90. The predicted molar refractivity (Wildman–Crippen MR) is 74.0 cm³/mol. The van der Waals surface area contributed by atoms with Gasteiger partial charge in [0.15, 0.2) is 0 Å². The van der Waals surface area contributed by atoms with Gasteiger partial charge in [0.05, 0.1) is 0 Å². The lowest BCUT2D eigenvalue weighted by molar-refractivity contribution is -0.121. The molecule has 0 bridgehead atoms. The molecular weight excluding hydrogens is 238 g/mol. The summed E-state index contributed by atoms with van der Waals surface area (Å²) in [6.45, 7) is 3.98. The molecule has 1 aliphatic heterocycles. The van der Waals surface area contributed by atoms with Gasteiger partial charge in [0.2, 0.25) is 0 Å². The Kier molecular flexibility index (Phi) is 2.85. The third-order valence-electron chi connectivity index (χ3n) is 3.72. The van der Waals surface area contributed by atoms with Crippen LogP contribution in [-0.2, 0) is 11.2 Å². The van der Waals surface area contributed by atoms with Gasteiger partial charge in [-0.25, -0.2) is 0 Å². The van der Waals surface area contributed by atoms with Crippen LogP contribution in [0.15, 0.2) is 42.7 Å². The highest BCUT2D eigenvalue weighted by atomic mass is 16.2. The molecule has 0 saturated carbocycles. The van der Waals surface area contributed by atoms with Crippen molar-refractivity contribution in [3.05, 3.63) is 48.3 Å². The molecular formula is C15H17N3O. The van der Waals surface area contributed by atoms with Crippen molar-refractivity contribution >= 4 is 11.6 Å². The largest absolute Gasteiger partial charge is 0.307 e. The highest BCUT2D eigenvalue weighted by molar-refractivity contribution is 5.98. The Morgan fingerprint density at radius 3 is 2.89 bits per heavy atom. The number of aromatic nitrogens is 2. The van der Waals surface area contributed by atoms with Crippen LogP contribution in [0.25, 0.3) is 0 Å². The van der Waals surface area contributed by atoms with Crippen LogP contribution in [0.4, 0.5) is 5.69 Å². The normalized spacial score (nSPS) is 19.3. The second-order valence-electron chi connectivity index (χ2n) is 5.05. The van der Waals surface area contributed by atoms with Gasteiger partial charge >= 0.3 is 0 Å². The number of para-hydroxylation sites is 1. The molecule has 2 unspecified atom stereocenters. The molecule has 1 amide bonds. The Labute approximate surface area is 112 Å². The number of hydrogen-bond acceptors (Lipinski definition) is 2. The van der Waals surface area contributed by atoms with Crippen molar-refractivity contribution in [3.63, 3.8) is 0 Å². The number of benzene rings is 1. The van der Waals surface area contributed by atoms with Crippen molar-refractivity contribution in [1.82, 2.24) is 9.78 Å². The molecule has 4 nitrogen and oxygen atoms in total. The van der Waals surface area contributed by atoms with Gasteiger partial charge in [-0.15, -0.1) is 0 Å². The Hall–Kier alpha value is -2.10. The maximum Gasteiger partial charge on any atom is 0.251 e. The summed E-state index contributed by atoms with van der Waals surface area (Å²) in [5, 5.41) is 4.16. The zero-order chi connectivity index (χ0) is 13.4. The molecule has 2 atom stereocenters. The zero-order valence-corrected chi connectivity index (χ0v) is 11.2. The third kappa shape index (κ3) is 1.93. The summed E-state index contributed by atoms with van der Waals surface area (Å²) in [6.07, 6.45) is 4.45. The fourth-order valence-corrected chi connectivity index (χ4v) is 2.73. The van der Waals surface area contributed by atoms with Crippen molar-refractivity contribution < 1.29 is 4.79 Å². The second kappa shape index (κ2) is 4.53. The molecule has 0 aliphatic carbocycles. The monoisotopic (exact) mass is 255 g/mol. The lowest BCUT2D eigenvalue weighted by Crippen LogP contribution is -2.40. The number of carbonyl (C=O) groups excluding carboxylic acids is 1. The van der Waals surface area contributed by atoms with E-state index in [0.29, 0.717) is 0 Å². The topological polar surface area (TPSA) is 38.1 Å². The van der Waals surface area contributed by atoms with Crippen LogP contribution in [0.1, 0.15) is 25.5 Å². The average Bonchev–Trinajstić information content (AvgIpc) is 3.03. The number of fused-ring (bicyclic) bond motifs is 1. The Morgan fingerprint density at radius 1 is 1.37 bits per heavy atom. The smallest absolute Gasteiger partial charge is 0.251 e. The SMILES string of the molecule is CC1Cc2ccccc2N1C(=O)C(C)n1cccn1. The summed E-state index contributed by atoms with van der Waals surface area (Å²) < 4.78 is 1.70. The van der Waals surface area contributed by atoms with E-state index in [9.17, 15) is 4.79 Å². The number of anilines is 1. The number of carbonyl (C=O) groups is 1. The molecule has 3 rings (SSSR count). The van der Waals surface area contributed by atoms with Crippen LogP contribution in [0.3, 0.4) is 0 Å². The summed E-state index contributed by atoms with van der Waals surface area (Å²) in [7, 11) is 0. The van der Waals surface area contributed by atoms with Crippen molar-refractivity contribution in [3.8, 4) is 0 Å². The first-order valence-electron chi connectivity index (χ1n) is 6.58. The minimum atomic E-state index is -0.274. The minimum absolute atomic E-state index is 0.0983. The van der Waals surface area contributed by atoms with Crippen LogP contribution in [0.5, 0.6) is 0 Å². The molecule has 0 spiro atoms. The maximum atomic E-state index is 12.7. The second-order valence-corrected chi connectivity index (χ2v) is 5.05. The number of nitrogens with zero attached hydrogens (tertiary/aromatic N) is 3. The average molecular weight is 255 g/mol. The van der Waals surface area contributed by atoms with Crippen LogP contribution in [0.2, 0.25) is 0 Å². The molecule has 0 N–H and O–H groups in total. The number of amides is 1. The van der Waals surface area contributed by atoms with E-state index in [1.165, 1.54) is 5.56 Å². The fraction of sp³-hybridized carbons (Fsp3) is 0.333. The minimum Gasteiger partial charge on any atom is -0.307 e. The van der Waals surface area contributed by atoms with Crippen LogP contribution in [0, 0.1) is 0 Å². The Balaban J connectivity index is 1.92. The molecule has 0 fully saturated rings. The first kappa shape index (κ1) is 12.0. The van der Waals surface area contributed by atoms with Crippen molar-refractivity contribution in [2.24, 2.45) is 0 Å². The molecule has 19 heavy (non-hydrogen) atoms. The van der Waals surface area contributed by atoms with Gasteiger partial charge in [-0.2, -0.15) is 5.10 Å². The number of hydrogen-bond donors (Lipinski definition) is 0. The van der Waals surface area contributed by atoms with E-state index >= 15 is 0 Å². The summed E-state index contributed by atoms with van der Waals surface area (Å²) in [5.74, 6) is 0.0983. The van der Waals surface area contributed by atoms with E-state index in [0.717, 1.165) is 12.1 Å². The van der Waals surface area contributed by atoms with Gasteiger partial charge in [-0.05, 0) is 38.0 Å². The van der Waals surface area contributed by atoms with Crippen LogP contribution < -0.4 is 4.90 Å². The van der Waals surface area contributed by atoms with Gasteiger partial charge in [-0.3, -0.25) is 9.48 Å². The quantitative estimate of drug-likeness (QED) is 0.826. The molecule has 4 heteroatoms. The zero-order valence-electron chi connectivity index (χ0n) is 11.2. The van der Waals surface area contributed by atoms with Gasteiger partial charge < -0.3 is 4.90 Å². The first-order valence-corrected chi connectivity index (χ1v) is 6.58. The Bertz CT molecular complexity index is 591. The van der Waals surface area contributed by atoms with E-state index in [4.69, 9.17) is 0 Å². The summed E-state index contributed by atoms with van der Waals surface area (Å²) >= 11 is 0. The molecule has 2 aromatic rings. The molecule has 0 radical (unpaired) electrons. The predicted octanol–water partition coefficient (Wildman–Crippen LogP) is 2.42. The molecule has 1 aromatic carbocycles. The van der Waals surface area contributed by atoms with Crippen molar-refractivity contribution in [2.45, 2.75) is 32.4 Å². The van der Waals surface area contributed by atoms with Gasteiger partial charge in [0, 0.05) is 24.1 Å². The first-order chi connectivity index (χ1) is 9.18. The number of rotatable bonds is 2. The lowest BCUT2D eigenvalue weighted by atomic mass is 10.1. The van der Waals surface area contributed by atoms with Crippen molar-refractivity contribution in [2.75, 3.05) is 4.90 Å². The van der Waals surface area contributed by atoms with E-state index < -0.39 is 0 Å². The van der Waals surface area contributed by atoms with Gasteiger partial charge in [-0.1, -0.05) is 18.2 Å². The lowest BCUT2D eigenvalue weighted by Gasteiger charge is -2.26. The molecule has 0 saturated heterocycles. The standard InChI is InChI=1S/C15H17N3O/c1-11-10-13-6-3-4-7-14(13)18(11)15(19)12(2)17-9-5-8-16-17/h3-9,11-12H,10H2,1-2H3. The van der Waals surface area contributed by atoms with Gasteiger partial charge in [0.1, 0.15) is 6.04 Å². The van der Waals surface area contributed by atoms with E-state index in [1.807, 2.05) is 42.3 Å².